The Bertz CT molecular complexity index is 6960. The van der Waals surface area contributed by atoms with Crippen molar-refractivity contribution in [1.29, 1.82) is 0 Å². The summed E-state index contributed by atoms with van der Waals surface area (Å²) in [6.07, 6.45) is 14.4. The lowest BCUT2D eigenvalue weighted by molar-refractivity contribution is 0.490. The third-order valence-electron chi connectivity index (χ3n) is 24.6. The van der Waals surface area contributed by atoms with Crippen molar-refractivity contribution < 1.29 is 4.42 Å². The highest BCUT2D eigenvalue weighted by Gasteiger charge is 2.41. The van der Waals surface area contributed by atoms with E-state index in [0.717, 1.165) is 121 Å². The highest BCUT2D eigenvalue weighted by atomic mass is 32.1. The number of allylic oxidation sites excluding steroid dienone is 4. The van der Waals surface area contributed by atoms with Crippen molar-refractivity contribution in [3.05, 3.63) is 335 Å². The first kappa shape index (κ1) is 60.2. The Hall–Kier alpha value is -12.3. The molecule has 0 saturated carbocycles. The summed E-state index contributed by atoms with van der Waals surface area (Å²) < 4.78 is 14.1. The molecule has 0 amide bonds. The molecular formula is C99H69N5OS. The monoisotopic (exact) mass is 1380 g/mol. The molecule has 502 valence electrons. The van der Waals surface area contributed by atoms with Gasteiger partial charge in [0.15, 0.2) is 11.6 Å². The third kappa shape index (κ3) is 8.75. The van der Waals surface area contributed by atoms with Gasteiger partial charge in [0.05, 0.1) is 33.7 Å². The molecule has 5 aromatic heterocycles. The van der Waals surface area contributed by atoms with Gasteiger partial charge in [-0.15, -0.1) is 11.3 Å². The van der Waals surface area contributed by atoms with Crippen molar-refractivity contribution in [2.75, 3.05) is 0 Å². The van der Waals surface area contributed by atoms with Gasteiger partial charge < -0.3 is 8.98 Å². The number of hydrogen-bond donors (Lipinski definition) is 0. The molecule has 0 N–H and O–H groups in total. The lowest BCUT2D eigenvalue weighted by Crippen LogP contribution is -2.20. The van der Waals surface area contributed by atoms with Crippen LogP contribution in [0.15, 0.2) is 295 Å². The number of aromatic nitrogens is 4. The summed E-state index contributed by atoms with van der Waals surface area (Å²) in [5, 5.41) is 10.7. The summed E-state index contributed by atoms with van der Waals surface area (Å²) in [6.45, 7) is 4.72. The number of hydrogen-bond acceptors (Lipinski definition) is 5. The highest BCUT2D eigenvalue weighted by molar-refractivity contribution is 7.25. The van der Waals surface area contributed by atoms with Crippen LogP contribution in [0.1, 0.15) is 94.1 Å². The first-order chi connectivity index (χ1) is 52.4. The fraction of sp³-hybridized carbons (Fsp3) is 0.121. The highest BCUT2D eigenvalue weighted by Crippen LogP contribution is 2.60. The van der Waals surface area contributed by atoms with Crippen LogP contribution in [0.25, 0.3) is 158 Å². The van der Waals surface area contributed by atoms with E-state index in [1.807, 2.05) is 0 Å². The molecule has 4 atom stereocenters. The van der Waals surface area contributed by atoms with Crippen molar-refractivity contribution >= 4 is 109 Å². The molecule has 0 saturated heterocycles. The molecular weight excluding hydrogens is 1310 g/mol. The second-order valence-electron chi connectivity index (χ2n) is 30.0. The molecule has 0 fully saturated rings. The van der Waals surface area contributed by atoms with Crippen molar-refractivity contribution in [2.24, 2.45) is 10.9 Å². The van der Waals surface area contributed by atoms with E-state index in [1.54, 1.807) is 11.3 Å². The van der Waals surface area contributed by atoms with Gasteiger partial charge in [-0.3, -0.25) is 4.57 Å². The minimum absolute atomic E-state index is 0.113. The van der Waals surface area contributed by atoms with Crippen LogP contribution in [0.5, 0.6) is 0 Å². The number of furan rings is 1. The Morgan fingerprint density at radius 3 is 2.04 bits per heavy atom. The first-order valence-electron chi connectivity index (χ1n) is 37.8. The topological polar surface area (TPSA) is 61.1 Å². The number of aliphatic imine (C=N–C) groups is 1. The van der Waals surface area contributed by atoms with Crippen LogP contribution >= 0.6 is 11.3 Å². The van der Waals surface area contributed by atoms with Crippen molar-refractivity contribution in [3.8, 4) is 72.8 Å². The summed E-state index contributed by atoms with van der Waals surface area (Å²) in [4.78, 5) is 18.2. The molecule has 18 aromatic rings. The molecule has 2 bridgehead atoms. The normalized spacial score (nSPS) is 17.0. The predicted octanol–water partition coefficient (Wildman–Crippen LogP) is 26.1. The lowest BCUT2D eigenvalue weighted by Gasteiger charge is -2.27. The maximum atomic E-state index is 7.73. The predicted molar refractivity (Wildman–Crippen MR) is 441 cm³/mol. The minimum Gasteiger partial charge on any atom is -0.437 e. The maximum Gasteiger partial charge on any atom is 0.225 e. The van der Waals surface area contributed by atoms with Crippen LogP contribution in [-0.2, 0) is 19.3 Å². The fourth-order valence-electron chi connectivity index (χ4n) is 19.8. The summed E-state index contributed by atoms with van der Waals surface area (Å²) in [5.41, 5.74) is 32.1. The zero-order chi connectivity index (χ0) is 69.6. The van der Waals surface area contributed by atoms with E-state index in [4.69, 9.17) is 19.4 Å². The van der Waals surface area contributed by atoms with Gasteiger partial charge in [0, 0.05) is 77.0 Å². The van der Waals surface area contributed by atoms with Crippen molar-refractivity contribution in [3.63, 3.8) is 0 Å². The molecule has 5 aliphatic rings. The third-order valence-corrected chi connectivity index (χ3v) is 25.7. The van der Waals surface area contributed by atoms with E-state index in [1.165, 1.54) is 126 Å². The molecule has 1 aliphatic heterocycles. The summed E-state index contributed by atoms with van der Waals surface area (Å²) in [6, 6.07) is 98.3. The Morgan fingerprint density at radius 2 is 1.18 bits per heavy atom. The van der Waals surface area contributed by atoms with Gasteiger partial charge in [-0.25, -0.2) is 15.0 Å². The number of aryl methyl sites for hydroxylation is 2. The Kier molecular flexibility index (Phi) is 13.1. The summed E-state index contributed by atoms with van der Waals surface area (Å²) >= 11 is 1.74. The molecule has 6 heterocycles. The second-order valence-corrected chi connectivity index (χ2v) is 31.1. The van der Waals surface area contributed by atoms with Crippen LogP contribution in [0.3, 0.4) is 0 Å². The van der Waals surface area contributed by atoms with Crippen LogP contribution in [-0.4, -0.2) is 24.8 Å². The number of nitrogens with zero attached hydrogens (tertiary/aromatic N) is 5. The summed E-state index contributed by atoms with van der Waals surface area (Å²) in [5.74, 6) is 3.04. The van der Waals surface area contributed by atoms with Gasteiger partial charge in [0.1, 0.15) is 10.4 Å². The van der Waals surface area contributed by atoms with Gasteiger partial charge in [0.25, 0.3) is 0 Å². The SMILES string of the molecule is CCC1CC(n2c3ccccc3c3c4c5c(cc32)-c2ccccc2CC5c2ccccc2-4)c2c(oc3c(-c4ccc5c(c4)CCc4ccccc4-c4c(C)c-5cc5c4c4ccccc4n5-c4nc(-c5ccc6ccccc6c5)nc5sc6ccccc6c45)cccc23)N=C1c1ccc(C2C=CC=CC2)cc1. The molecule has 0 radical (unpaired) electrons. The van der Waals surface area contributed by atoms with Crippen LogP contribution in [0.4, 0.5) is 5.88 Å². The van der Waals surface area contributed by atoms with E-state index in [9.17, 15) is 0 Å². The molecule has 106 heavy (non-hydrogen) atoms. The average molecular weight is 1380 g/mol. The van der Waals surface area contributed by atoms with Gasteiger partial charge in [-0.1, -0.05) is 256 Å². The number of benzene rings is 13. The van der Waals surface area contributed by atoms with Crippen LogP contribution in [0, 0.1) is 12.8 Å². The zero-order valence-corrected chi connectivity index (χ0v) is 59.6. The van der Waals surface area contributed by atoms with Crippen molar-refractivity contribution in [2.45, 2.75) is 70.3 Å². The molecule has 13 aromatic carbocycles. The van der Waals surface area contributed by atoms with Crippen LogP contribution in [0.2, 0.25) is 0 Å². The number of rotatable bonds is 7. The smallest absolute Gasteiger partial charge is 0.225 e. The maximum absolute atomic E-state index is 7.73. The van der Waals surface area contributed by atoms with E-state index < -0.39 is 0 Å². The largest absolute Gasteiger partial charge is 0.437 e. The zero-order valence-electron chi connectivity index (χ0n) is 58.7. The Morgan fingerprint density at radius 1 is 0.491 bits per heavy atom. The van der Waals surface area contributed by atoms with Crippen LogP contribution < -0.4 is 0 Å². The molecule has 23 rings (SSSR count). The molecule has 4 unspecified atom stereocenters. The summed E-state index contributed by atoms with van der Waals surface area (Å²) in [7, 11) is 0. The first-order valence-corrected chi connectivity index (χ1v) is 38.6. The Labute approximate surface area is 617 Å². The fourth-order valence-corrected chi connectivity index (χ4v) is 20.9. The second kappa shape index (κ2) is 23.1. The quantitative estimate of drug-likeness (QED) is 0.160. The number of thiophene rings is 1. The lowest BCUT2D eigenvalue weighted by atomic mass is 9.77. The minimum atomic E-state index is -0.153. The van der Waals surface area contributed by atoms with E-state index in [2.05, 4.69) is 308 Å². The number of para-hydroxylation sites is 3. The van der Waals surface area contributed by atoms with E-state index >= 15 is 0 Å². The average Bonchev–Trinajstić information content (AvgIpc) is 1.54. The standard InChI is InChI=1S/C99H69N5OS/c1-3-57-53-83(103-81-37-18-15-32-74(81)90-84(103)55-80-68-28-11-10-27-64(68)52-79-72-30-13-14-31-73(72)92(90)88(79)80)91-77-36-21-35-71(95(77)105-98(91)100-94(57)62-44-40-60(41-45-62)58-22-5-4-6-23-58)66-48-49-69-65(51-66)46-43-61-25-9-12-29-70(61)87-56(2)78(69)54-85-89(87)75-33-16-19-38-82(75)104(85)97-93-76-34-17-20-39-86(76)106-99(93)102-96(101-97)67-47-42-59-24-7-8-26-63(59)50-67/h4-22,24-42,44-45,47-51,54-55,57-58,79,83H,3,23,43,46,52-53H2,1-2H3. The molecule has 4 aliphatic carbocycles. The van der Waals surface area contributed by atoms with E-state index in [-0.39, 0.29) is 12.0 Å². The Balaban J connectivity index is 0.743. The van der Waals surface area contributed by atoms with Gasteiger partial charge in [0.2, 0.25) is 5.88 Å². The van der Waals surface area contributed by atoms with Gasteiger partial charge in [-0.05, 0) is 187 Å². The van der Waals surface area contributed by atoms with E-state index in [0.29, 0.717) is 23.5 Å². The van der Waals surface area contributed by atoms with Crippen molar-refractivity contribution in [1.82, 2.24) is 19.1 Å². The molecule has 7 heteroatoms. The van der Waals surface area contributed by atoms with Gasteiger partial charge >= 0.3 is 0 Å². The molecule has 0 spiro atoms. The number of fused-ring (bicyclic) bond motifs is 26. The van der Waals surface area contributed by atoms with Gasteiger partial charge in [-0.2, -0.15) is 0 Å². The molecule has 6 nitrogen and oxygen atoms in total.